The topological polar surface area (TPSA) is 37.3 Å². The zero-order valence-electron chi connectivity index (χ0n) is 8.43. The zero-order chi connectivity index (χ0) is 10.2. The molecule has 0 aliphatic rings. The van der Waals surface area contributed by atoms with Crippen molar-refractivity contribution in [3.63, 3.8) is 0 Å². The highest BCUT2D eigenvalue weighted by Crippen LogP contribution is 2.04. The molecule has 2 nitrogen and oxygen atoms in total. The van der Waals surface area contributed by atoms with E-state index in [-0.39, 0.29) is 5.75 Å². The lowest BCUT2D eigenvalue weighted by atomic mass is 9.65. The lowest BCUT2D eigenvalue weighted by molar-refractivity contribution is 0.112. The van der Waals surface area contributed by atoms with Crippen molar-refractivity contribution in [2.24, 2.45) is 0 Å². The summed E-state index contributed by atoms with van der Waals surface area (Å²) in [6.45, 7) is 0. The molecule has 0 unspecified atom stereocenters. The first-order valence-electron chi connectivity index (χ1n) is 4.25. The van der Waals surface area contributed by atoms with Crippen LogP contribution in [0.25, 0.3) is 0 Å². The molecule has 0 aromatic heterocycles. The maximum Gasteiger partial charge on any atom is 0.153 e. The summed E-state index contributed by atoms with van der Waals surface area (Å²) >= 11 is 0. The van der Waals surface area contributed by atoms with Gasteiger partial charge in [0.05, 0.1) is 0 Å². The van der Waals surface area contributed by atoms with Crippen molar-refractivity contribution in [1.29, 1.82) is 0 Å². The third kappa shape index (κ3) is 1.41. The van der Waals surface area contributed by atoms with E-state index in [2.05, 4.69) is 0 Å². The minimum Gasteiger partial charge on any atom is -0.508 e. The molecule has 6 heteroatoms. The van der Waals surface area contributed by atoms with E-state index in [0.29, 0.717) is 11.8 Å². The third-order valence-electron chi connectivity index (χ3n) is 2.82. The predicted molar refractivity (Wildman–Crippen MR) is 66.2 cm³/mol. The average Bonchev–Trinajstić information content (AvgIpc) is 2.13. The Balaban J connectivity index is 3.66. The molecule has 0 spiro atoms. The summed E-state index contributed by atoms with van der Waals surface area (Å²) in [5.41, 5.74) is 4.22. The molecule has 13 heavy (non-hydrogen) atoms. The molecule has 0 radical (unpaired) electrons. The van der Waals surface area contributed by atoms with Crippen molar-refractivity contribution in [2.45, 2.75) is 0 Å². The predicted octanol–water partition coefficient (Wildman–Crippen LogP) is -5.76. The second-order valence-corrected chi connectivity index (χ2v) is 3.38. The Morgan fingerprint density at radius 1 is 0.923 bits per heavy atom. The molecular formula is C7H10B4O2. The Labute approximate surface area is 81.4 Å². The Kier molecular flexibility index (Phi) is 2.60. The first-order valence-corrected chi connectivity index (χ1v) is 4.25. The first-order chi connectivity index (χ1) is 6.00. The van der Waals surface area contributed by atoms with Crippen LogP contribution in [0.5, 0.6) is 5.75 Å². The number of benzene rings is 1. The number of phenolic OH excluding ortho intramolecular Hbond substituents is 1. The van der Waals surface area contributed by atoms with Crippen LogP contribution in [0, 0.1) is 0 Å². The molecular weight excluding hydrogens is 159 g/mol. The summed E-state index contributed by atoms with van der Waals surface area (Å²) in [6.07, 6.45) is 0.712. The minimum absolute atomic E-state index is 0.121. The monoisotopic (exact) mass is 170 g/mol. The van der Waals surface area contributed by atoms with Gasteiger partial charge >= 0.3 is 0 Å². The number of aldehydes is 1. The first kappa shape index (κ1) is 10.0. The normalized spacial score (nSPS) is 9.85. The molecule has 0 bridgehead atoms. The second-order valence-electron chi connectivity index (χ2n) is 3.38. The SMILES string of the molecule is Bc1c(B)c(B)c(C=O)c(O)c1B. The number of aromatic hydroxyl groups is 1. The van der Waals surface area contributed by atoms with Gasteiger partial charge in [0.1, 0.15) is 37.1 Å². The molecule has 0 fully saturated rings. The summed E-state index contributed by atoms with van der Waals surface area (Å²) in [7, 11) is 7.59. The Morgan fingerprint density at radius 3 is 1.85 bits per heavy atom. The molecule has 1 rings (SSSR count). The quantitative estimate of drug-likeness (QED) is 0.336. The fourth-order valence-electron chi connectivity index (χ4n) is 1.47. The molecule has 0 saturated heterocycles. The summed E-state index contributed by atoms with van der Waals surface area (Å²) in [4.78, 5) is 10.7. The fraction of sp³-hybridized carbons (Fsp3) is 0. The van der Waals surface area contributed by atoms with Crippen molar-refractivity contribution < 1.29 is 9.90 Å². The number of rotatable bonds is 1. The molecule has 0 atom stereocenters. The number of carbonyl (C=O) groups is 1. The van der Waals surface area contributed by atoms with Gasteiger partial charge in [-0.25, -0.2) is 0 Å². The molecule has 1 N–H and O–H groups in total. The van der Waals surface area contributed by atoms with Crippen LogP contribution in [-0.2, 0) is 0 Å². The highest BCUT2D eigenvalue weighted by molar-refractivity contribution is 6.64. The van der Waals surface area contributed by atoms with Crippen molar-refractivity contribution in [3.8, 4) is 5.75 Å². The second kappa shape index (κ2) is 3.36. The summed E-state index contributed by atoms with van der Waals surface area (Å²) in [5.74, 6) is 0.121. The van der Waals surface area contributed by atoms with Gasteiger partial charge in [0, 0.05) is 5.56 Å². The molecule has 1 aromatic carbocycles. The Morgan fingerprint density at radius 2 is 1.38 bits per heavy atom. The maximum absolute atomic E-state index is 10.7. The summed E-state index contributed by atoms with van der Waals surface area (Å²) in [5, 5.41) is 9.65. The van der Waals surface area contributed by atoms with Gasteiger partial charge in [-0.1, -0.05) is 16.4 Å². The van der Waals surface area contributed by atoms with Crippen molar-refractivity contribution in [3.05, 3.63) is 5.56 Å². The van der Waals surface area contributed by atoms with Crippen LogP contribution in [0.2, 0.25) is 0 Å². The highest BCUT2D eigenvalue weighted by Gasteiger charge is 2.12. The van der Waals surface area contributed by atoms with Gasteiger partial charge in [0.2, 0.25) is 0 Å². The molecule has 62 valence electrons. The smallest absolute Gasteiger partial charge is 0.153 e. The van der Waals surface area contributed by atoms with E-state index >= 15 is 0 Å². The van der Waals surface area contributed by atoms with Gasteiger partial charge in [0.25, 0.3) is 0 Å². The highest BCUT2D eigenvalue weighted by atomic mass is 16.3. The third-order valence-corrected chi connectivity index (χ3v) is 2.82. The van der Waals surface area contributed by atoms with Crippen LogP contribution >= 0.6 is 0 Å². The van der Waals surface area contributed by atoms with Crippen molar-refractivity contribution >= 4 is 59.5 Å². The van der Waals surface area contributed by atoms with E-state index in [1.807, 2.05) is 31.4 Å². The van der Waals surface area contributed by atoms with Crippen LogP contribution < -0.4 is 21.9 Å². The molecule has 0 heterocycles. The van der Waals surface area contributed by atoms with Gasteiger partial charge in [-0.15, -0.1) is 5.46 Å². The molecule has 0 amide bonds. The van der Waals surface area contributed by atoms with E-state index in [9.17, 15) is 9.90 Å². The van der Waals surface area contributed by atoms with Crippen LogP contribution in [0.4, 0.5) is 0 Å². The van der Waals surface area contributed by atoms with E-state index in [4.69, 9.17) is 0 Å². The summed E-state index contributed by atoms with van der Waals surface area (Å²) in [6, 6.07) is 0. The fourth-order valence-corrected chi connectivity index (χ4v) is 1.47. The number of hydrogen-bond donors (Lipinski definition) is 1. The van der Waals surface area contributed by atoms with E-state index in [1.165, 1.54) is 0 Å². The Hall–Kier alpha value is -1.05. The largest absolute Gasteiger partial charge is 0.508 e. The maximum atomic E-state index is 10.7. The van der Waals surface area contributed by atoms with Crippen LogP contribution in [0.1, 0.15) is 10.4 Å². The average molecular weight is 169 g/mol. The van der Waals surface area contributed by atoms with Crippen LogP contribution in [-0.4, -0.2) is 42.8 Å². The minimum atomic E-state index is 0.121. The number of phenols is 1. The Bertz CT molecular complexity index is 346. The van der Waals surface area contributed by atoms with E-state index in [1.54, 1.807) is 0 Å². The standard InChI is InChI=1S/C7H10B4O2/c8-3-2(1-12)7(13)6(11)5(10)4(3)9/h1,13H,8-11H2. The molecule has 0 aliphatic carbocycles. The molecule has 0 saturated carbocycles. The van der Waals surface area contributed by atoms with Gasteiger partial charge in [-0.2, -0.15) is 0 Å². The number of carbonyl (C=O) groups excluding carboxylic acids is 1. The van der Waals surface area contributed by atoms with Gasteiger partial charge in [-0.05, 0) is 0 Å². The van der Waals surface area contributed by atoms with Gasteiger partial charge in [0.15, 0.2) is 6.29 Å². The van der Waals surface area contributed by atoms with E-state index in [0.717, 1.165) is 21.9 Å². The van der Waals surface area contributed by atoms with E-state index < -0.39 is 0 Å². The molecule has 1 aromatic rings. The van der Waals surface area contributed by atoms with Gasteiger partial charge in [-0.3, -0.25) is 4.79 Å². The van der Waals surface area contributed by atoms with Gasteiger partial charge < -0.3 is 5.11 Å². The zero-order valence-corrected chi connectivity index (χ0v) is 8.43. The van der Waals surface area contributed by atoms with Crippen molar-refractivity contribution in [2.75, 3.05) is 0 Å². The van der Waals surface area contributed by atoms with Crippen LogP contribution in [0.3, 0.4) is 0 Å². The van der Waals surface area contributed by atoms with Crippen LogP contribution in [0.15, 0.2) is 0 Å². The summed E-state index contributed by atoms with van der Waals surface area (Å²) < 4.78 is 0. The molecule has 0 aliphatic heterocycles. The van der Waals surface area contributed by atoms with Crippen molar-refractivity contribution in [1.82, 2.24) is 0 Å². The lowest BCUT2D eigenvalue weighted by Crippen LogP contribution is -2.48. The number of hydrogen-bond acceptors (Lipinski definition) is 2. The lowest BCUT2D eigenvalue weighted by Gasteiger charge is -2.14.